The highest BCUT2D eigenvalue weighted by Crippen LogP contribution is 2.29. The van der Waals surface area contributed by atoms with Crippen LogP contribution in [0.1, 0.15) is 12.8 Å². The van der Waals surface area contributed by atoms with Crippen molar-refractivity contribution in [2.75, 3.05) is 18.5 Å². The van der Waals surface area contributed by atoms with Crippen molar-refractivity contribution in [1.82, 2.24) is 10.6 Å². The fourth-order valence-corrected chi connectivity index (χ4v) is 2.58. The fraction of sp³-hybridized carbons (Fsp3) is 0.263. The third kappa shape index (κ3) is 4.13. The number of hydrogen-bond donors (Lipinski definition) is 2. The minimum atomic E-state index is -0.410. The molecule has 2 aromatic rings. The fourth-order valence-electron chi connectivity index (χ4n) is 2.58. The van der Waals surface area contributed by atoms with E-state index in [1.54, 1.807) is 0 Å². The zero-order valence-electron chi connectivity index (χ0n) is 13.7. The second-order valence-electron chi connectivity index (χ2n) is 6.04. The highest BCUT2D eigenvalue weighted by Gasteiger charge is 2.24. The first-order valence-electron chi connectivity index (χ1n) is 8.09. The van der Waals surface area contributed by atoms with E-state index in [2.05, 4.69) is 10.6 Å². The monoisotopic (exact) mass is 323 g/mol. The predicted molar refractivity (Wildman–Crippen MR) is 94.8 cm³/mol. The van der Waals surface area contributed by atoms with Gasteiger partial charge in [-0.2, -0.15) is 0 Å². The molecule has 124 valence electrons. The molecule has 0 atom stereocenters. The summed E-state index contributed by atoms with van der Waals surface area (Å²) in [5, 5.41) is 5.13. The summed E-state index contributed by atoms with van der Waals surface area (Å²) < 4.78 is 0. The number of imide groups is 1. The van der Waals surface area contributed by atoms with Gasteiger partial charge in [-0.25, -0.2) is 4.79 Å². The number of amides is 3. The summed E-state index contributed by atoms with van der Waals surface area (Å²) in [6.45, 7) is 0.113. The van der Waals surface area contributed by atoms with E-state index in [9.17, 15) is 9.59 Å². The molecule has 1 fully saturated rings. The van der Waals surface area contributed by atoms with Crippen molar-refractivity contribution in [3.8, 4) is 11.1 Å². The van der Waals surface area contributed by atoms with Gasteiger partial charge in [0.25, 0.3) is 0 Å². The molecule has 0 saturated heterocycles. The number of urea groups is 1. The van der Waals surface area contributed by atoms with E-state index in [0.717, 1.165) is 29.7 Å². The Morgan fingerprint density at radius 1 is 1.04 bits per heavy atom. The maximum atomic E-state index is 12.1. The van der Waals surface area contributed by atoms with Crippen LogP contribution in [0.2, 0.25) is 0 Å². The van der Waals surface area contributed by atoms with Crippen molar-refractivity contribution >= 4 is 17.6 Å². The molecule has 5 nitrogen and oxygen atoms in total. The number of carbonyl (C=O) groups is 2. The molecule has 0 heterocycles. The molecule has 2 aromatic carbocycles. The Labute approximate surface area is 141 Å². The van der Waals surface area contributed by atoms with Crippen molar-refractivity contribution in [3.63, 3.8) is 0 Å². The lowest BCUT2D eigenvalue weighted by molar-refractivity contribution is -0.118. The van der Waals surface area contributed by atoms with Gasteiger partial charge in [-0.1, -0.05) is 48.5 Å². The minimum Gasteiger partial charge on any atom is -0.365 e. The van der Waals surface area contributed by atoms with Crippen molar-refractivity contribution in [2.24, 2.45) is 0 Å². The maximum Gasteiger partial charge on any atom is 0.321 e. The SMILES string of the molecule is CN(CC(=O)NC(=O)NC1CC1)c1ccccc1-c1ccccc1. The van der Waals surface area contributed by atoms with E-state index < -0.39 is 6.03 Å². The number of anilines is 1. The van der Waals surface area contributed by atoms with Gasteiger partial charge in [-0.15, -0.1) is 0 Å². The van der Waals surface area contributed by atoms with Gasteiger partial charge >= 0.3 is 6.03 Å². The second-order valence-corrected chi connectivity index (χ2v) is 6.04. The van der Waals surface area contributed by atoms with Crippen LogP contribution in [-0.4, -0.2) is 31.6 Å². The Hall–Kier alpha value is -2.82. The molecule has 1 aliphatic rings. The second kappa shape index (κ2) is 7.17. The predicted octanol–water partition coefficient (Wildman–Crippen LogP) is 2.78. The average Bonchev–Trinajstić information content (AvgIpc) is 3.39. The molecular formula is C19H21N3O2. The zero-order valence-corrected chi connectivity index (χ0v) is 13.7. The van der Waals surface area contributed by atoms with Gasteiger partial charge in [0.1, 0.15) is 0 Å². The lowest BCUT2D eigenvalue weighted by atomic mass is 10.0. The molecule has 1 saturated carbocycles. The number of benzene rings is 2. The van der Waals surface area contributed by atoms with Gasteiger partial charge in [0.05, 0.1) is 6.54 Å². The lowest BCUT2D eigenvalue weighted by Gasteiger charge is -2.22. The molecule has 1 aliphatic carbocycles. The standard InChI is InChI=1S/C19H21N3O2/c1-22(13-18(23)21-19(24)20-15-11-12-15)17-10-6-5-9-16(17)14-7-3-2-4-8-14/h2-10,15H,11-13H2,1H3,(H2,20,21,23,24). The van der Waals surface area contributed by atoms with Crippen LogP contribution in [0.4, 0.5) is 10.5 Å². The van der Waals surface area contributed by atoms with Gasteiger partial charge < -0.3 is 10.2 Å². The van der Waals surface area contributed by atoms with E-state index in [-0.39, 0.29) is 18.5 Å². The van der Waals surface area contributed by atoms with Crippen molar-refractivity contribution in [3.05, 3.63) is 54.6 Å². The van der Waals surface area contributed by atoms with Crippen LogP contribution in [0, 0.1) is 0 Å². The number of carbonyl (C=O) groups excluding carboxylic acids is 2. The number of nitrogens with one attached hydrogen (secondary N) is 2. The Morgan fingerprint density at radius 3 is 2.42 bits per heavy atom. The quantitative estimate of drug-likeness (QED) is 0.889. The summed E-state index contributed by atoms with van der Waals surface area (Å²) in [4.78, 5) is 25.6. The number of rotatable bonds is 5. The lowest BCUT2D eigenvalue weighted by Crippen LogP contribution is -2.44. The number of nitrogens with zero attached hydrogens (tertiary/aromatic N) is 1. The molecule has 0 aromatic heterocycles. The summed E-state index contributed by atoms with van der Waals surface area (Å²) in [5.41, 5.74) is 3.09. The first kappa shape index (κ1) is 16.1. The molecule has 3 amide bonds. The number of para-hydroxylation sites is 1. The summed E-state index contributed by atoms with van der Waals surface area (Å²) in [6.07, 6.45) is 1.98. The molecule has 5 heteroatoms. The summed E-state index contributed by atoms with van der Waals surface area (Å²) in [7, 11) is 1.85. The molecule has 0 aliphatic heterocycles. The third-order valence-electron chi connectivity index (χ3n) is 3.95. The Kier molecular flexibility index (Phi) is 4.79. The van der Waals surface area contributed by atoms with Crippen LogP contribution in [0.3, 0.4) is 0 Å². The molecule has 24 heavy (non-hydrogen) atoms. The summed E-state index contributed by atoms with van der Waals surface area (Å²) >= 11 is 0. The number of likely N-dealkylation sites (N-methyl/N-ethyl adjacent to an activating group) is 1. The van der Waals surface area contributed by atoms with Gasteiger partial charge in [0.2, 0.25) is 5.91 Å². The first-order chi connectivity index (χ1) is 11.6. The molecule has 3 rings (SSSR count). The van der Waals surface area contributed by atoms with E-state index in [1.165, 1.54) is 0 Å². The smallest absolute Gasteiger partial charge is 0.321 e. The van der Waals surface area contributed by atoms with Crippen molar-refractivity contribution in [2.45, 2.75) is 18.9 Å². The highest BCUT2D eigenvalue weighted by atomic mass is 16.2. The van der Waals surface area contributed by atoms with Crippen LogP contribution in [-0.2, 0) is 4.79 Å². The molecule has 0 radical (unpaired) electrons. The number of hydrogen-bond acceptors (Lipinski definition) is 3. The van der Waals surface area contributed by atoms with E-state index in [1.807, 2.05) is 66.5 Å². The van der Waals surface area contributed by atoms with Crippen LogP contribution >= 0.6 is 0 Å². The average molecular weight is 323 g/mol. The van der Waals surface area contributed by atoms with E-state index >= 15 is 0 Å². The minimum absolute atomic E-state index is 0.113. The molecular weight excluding hydrogens is 302 g/mol. The van der Waals surface area contributed by atoms with Crippen LogP contribution < -0.4 is 15.5 Å². The van der Waals surface area contributed by atoms with E-state index in [0.29, 0.717) is 0 Å². The Morgan fingerprint density at radius 2 is 1.71 bits per heavy atom. The topological polar surface area (TPSA) is 61.4 Å². The molecule has 0 bridgehead atoms. The highest BCUT2D eigenvalue weighted by molar-refractivity contribution is 5.97. The maximum absolute atomic E-state index is 12.1. The van der Waals surface area contributed by atoms with Crippen LogP contribution in [0.25, 0.3) is 11.1 Å². The van der Waals surface area contributed by atoms with E-state index in [4.69, 9.17) is 0 Å². The normalized spacial score (nSPS) is 13.2. The van der Waals surface area contributed by atoms with Crippen molar-refractivity contribution in [1.29, 1.82) is 0 Å². The summed E-state index contributed by atoms with van der Waals surface area (Å²) in [6, 6.07) is 17.8. The van der Waals surface area contributed by atoms with Crippen LogP contribution in [0.15, 0.2) is 54.6 Å². The van der Waals surface area contributed by atoms with Gasteiger partial charge in [0.15, 0.2) is 0 Å². The molecule has 0 unspecified atom stereocenters. The summed E-state index contributed by atoms with van der Waals surface area (Å²) in [5.74, 6) is -0.321. The third-order valence-corrected chi connectivity index (χ3v) is 3.95. The zero-order chi connectivity index (χ0) is 16.9. The van der Waals surface area contributed by atoms with Crippen molar-refractivity contribution < 1.29 is 9.59 Å². The van der Waals surface area contributed by atoms with Gasteiger partial charge in [-0.3, -0.25) is 10.1 Å². The molecule has 0 spiro atoms. The van der Waals surface area contributed by atoms with Gasteiger partial charge in [-0.05, 0) is 24.5 Å². The largest absolute Gasteiger partial charge is 0.365 e. The Balaban J connectivity index is 1.67. The van der Waals surface area contributed by atoms with Crippen LogP contribution in [0.5, 0.6) is 0 Å². The van der Waals surface area contributed by atoms with Gasteiger partial charge in [0, 0.05) is 24.3 Å². The Bertz CT molecular complexity index is 726. The molecule has 2 N–H and O–H groups in total. The first-order valence-corrected chi connectivity index (χ1v) is 8.09.